The van der Waals surface area contributed by atoms with E-state index in [9.17, 15) is 9.59 Å². The molecule has 0 spiro atoms. The summed E-state index contributed by atoms with van der Waals surface area (Å²) in [5.41, 5.74) is 0. The second kappa shape index (κ2) is 11.8. The van der Waals surface area contributed by atoms with Crippen molar-refractivity contribution >= 4 is 20.8 Å². The van der Waals surface area contributed by atoms with Crippen LogP contribution in [0.15, 0.2) is 0 Å². The van der Waals surface area contributed by atoms with E-state index in [0.717, 1.165) is 0 Å². The third kappa shape index (κ3) is 8.71. The Morgan fingerprint density at radius 1 is 1.20 bits per heavy atom. The van der Waals surface area contributed by atoms with Gasteiger partial charge in [-0.1, -0.05) is 28.7 Å². The number of Topliss-reactive ketones (excluding diaryl/α,β-unsaturated/α-hetero) is 2. The zero-order valence-corrected chi connectivity index (χ0v) is 9.45. The van der Waals surface area contributed by atoms with Crippen LogP contribution in [0.2, 0.25) is 0 Å². The summed E-state index contributed by atoms with van der Waals surface area (Å²) in [5, 5.41) is 2.99. The van der Waals surface area contributed by atoms with Crippen molar-refractivity contribution in [1.29, 1.82) is 0 Å². The Morgan fingerprint density at radius 3 is 2.07 bits per heavy atom. The molecule has 92 valence electrons. The first-order valence-corrected chi connectivity index (χ1v) is 5.45. The van der Waals surface area contributed by atoms with Crippen LogP contribution in [0.5, 0.6) is 0 Å². The van der Waals surface area contributed by atoms with E-state index in [2.05, 4.69) is 14.6 Å². The summed E-state index contributed by atoms with van der Waals surface area (Å²) in [6, 6.07) is -0.282. The zero-order valence-electron chi connectivity index (χ0n) is 8.30. The minimum atomic E-state index is -0.282. The Kier molecular flexibility index (Phi) is 15.9. The van der Waals surface area contributed by atoms with Crippen molar-refractivity contribution in [3.05, 3.63) is 0 Å². The molecular weight excluding hydrogens is 209 g/mol. The van der Waals surface area contributed by atoms with Crippen molar-refractivity contribution < 1.29 is 9.59 Å². The van der Waals surface area contributed by atoms with Crippen molar-refractivity contribution in [3.8, 4) is 0 Å². The molecule has 0 radical (unpaired) electrons. The summed E-state index contributed by atoms with van der Waals surface area (Å²) in [5.74, 6) is 0.252. The highest BCUT2D eigenvalue weighted by Crippen LogP contribution is 2.01. The van der Waals surface area contributed by atoms with Gasteiger partial charge >= 0.3 is 0 Å². The van der Waals surface area contributed by atoms with E-state index in [1.807, 2.05) is 13.8 Å². The molecule has 0 bridgehead atoms. The molecule has 0 saturated heterocycles. The Hall–Kier alpha value is -0.270. The number of ketones is 2. The van der Waals surface area contributed by atoms with Gasteiger partial charge in [-0.15, -0.1) is 9.24 Å². The Balaban J connectivity index is -0.000000720. The van der Waals surface area contributed by atoms with E-state index in [4.69, 9.17) is 0 Å². The summed E-state index contributed by atoms with van der Waals surface area (Å²) in [4.78, 5) is 22.4. The minimum absolute atomic E-state index is 0. The van der Waals surface area contributed by atoms with Crippen LogP contribution in [0.1, 0.15) is 48.0 Å². The molecule has 15 heavy (non-hydrogen) atoms. The minimum Gasteiger partial charge on any atom is -0.304 e. The van der Waals surface area contributed by atoms with Crippen molar-refractivity contribution in [3.63, 3.8) is 0 Å². The molecule has 0 aromatic heterocycles. The van der Waals surface area contributed by atoms with Crippen LogP contribution in [-0.4, -0.2) is 23.9 Å². The zero-order chi connectivity index (χ0) is 10.3. The van der Waals surface area contributed by atoms with Crippen LogP contribution in [0.25, 0.3) is 0 Å². The molecule has 0 fully saturated rings. The lowest BCUT2D eigenvalue weighted by Gasteiger charge is -2.14. The largest absolute Gasteiger partial charge is 0.304 e. The smallest absolute Gasteiger partial charge is 0.149 e. The fraction of sp³-hybridized carbons (Fsp3) is 0.818. The number of carbonyl (C=O) groups is 2. The fourth-order valence-electron chi connectivity index (χ4n) is 1.06. The van der Waals surface area contributed by atoms with E-state index in [1.54, 1.807) is 0 Å². The van der Waals surface area contributed by atoms with E-state index in [-0.39, 0.29) is 32.5 Å². The Morgan fingerprint density at radius 2 is 1.73 bits per heavy atom. The summed E-state index contributed by atoms with van der Waals surface area (Å²) in [7, 11) is 2.49. The van der Waals surface area contributed by atoms with Gasteiger partial charge < -0.3 is 5.32 Å². The van der Waals surface area contributed by atoms with Gasteiger partial charge in [0.1, 0.15) is 11.6 Å². The van der Waals surface area contributed by atoms with Gasteiger partial charge in [-0.3, -0.25) is 9.59 Å². The molecule has 1 N–H and O–H groups in total. The normalized spacial score (nSPS) is 10.9. The fourth-order valence-corrected chi connectivity index (χ4v) is 1.35. The average Bonchev–Trinajstić information content (AvgIpc) is 2.15. The van der Waals surface area contributed by atoms with Gasteiger partial charge in [-0.05, 0) is 0 Å². The molecule has 0 saturated carbocycles. The third-order valence-electron chi connectivity index (χ3n) is 1.93. The van der Waals surface area contributed by atoms with Gasteiger partial charge in [-0.2, -0.15) is 0 Å². The maximum atomic E-state index is 11.3. The van der Waals surface area contributed by atoms with Crippen LogP contribution >= 0.6 is 9.24 Å². The highest BCUT2D eigenvalue weighted by atomic mass is 31.0. The van der Waals surface area contributed by atoms with Crippen molar-refractivity contribution in [2.45, 2.75) is 54.0 Å². The van der Waals surface area contributed by atoms with Crippen LogP contribution in [0.3, 0.4) is 0 Å². The second-order valence-electron chi connectivity index (χ2n) is 2.88. The van der Waals surface area contributed by atoms with Crippen molar-refractivity contribution in [1.82, 2.24) is 5.32 Å². The Bertz CT molecular complexity index is 183. The van der Waals surface area contributed by atoms with Gasteiger partial charge in [0.2, 0.25) is 0 Å². The highest BCUT2D eigenvalue weighted by molar-refractivity contribution is 7.16. The van der Waals surface area contributed by atoms with Gasteiger partial charge in [-0.25, -0.2) is 0 Å². The topological polar surface area (TPSA) is 46.2 Å². The maximum Gasteiger partial charge on any atom is 0.149 e. The van der Waals surface area contributed by atoms with E-state index in [0.29, 0.717) is 25.5 Å². The molecule has 3 nitrogen and oxygen atoms in total. The summed E-state index contributed by atoms with van der Waals surface area (Å²) in [6.07, 6.45) is 1.97. The van der Waals surface area contributed by atoms with E-state index < -0.39 is 0 Å². The van der Waals surface area contributed by atoms with E-state index in [1.165, 1.54) is 0 Å². The predicted octanol–water partition coefficient (Wildman–Crippen LogP) is 2.40. The molecular formula is C11H26NO2P. The summed E-state index contributed by atoms with van der Waals surface area (Å²) >= 11 is 0. The molecule has 2 atom stereocenters. The molecule has 2 unspecified atom stereocenters. The molecule has 0 amide bonds. The van der Waals surface area contributed by atoms with Crippen molar-refractivity contribution in [2.24, 2.45) is 0 Å². The van der Waals surface area contributed by atoms with Crippen LogP contribution in [0.4, 0.5) is 0 Å². The standard InChI is InChI=1S/C9H18NO2P.2CH4/c1-3-7(11)5-8(10-6-13)9(12)4-2;;/h8,10H,3-6,13H2,1-2H3;2*1H4. The lowest BCUT2D eigenvalue weighted by atomic mass is 10.0. The second-order valence-corrected chi connectivity index (χ2v) is 3.29. The highest BCUT2D eigenvalue weighted by Gasteiger charge is 2.17. The third-order valence-corrected chi connectivity index (χ3v) is 2.16. The van der Waals surface area contributed by atoms with Crippen LogP contribution in [-0.2, 0) is 9.59 Å². The number of rotatable bonds is 7. The first-order chi connectivity index (χ1) is 6.15. The molecule has 0 aliphatic carbocycles. The molecule has 4 heteroatoms. The molecule has 0 aromatic carbocycles. The van der Waals surface area contributed by atoms with Gasteiger partial charge in [0.25, 0.3) is 0 Å². The van der Waals surface area contributed by atoms with Gasteiger partial charge in [0.05, 0.1) is 6.04 Å². The summed E-state index contributed by atoms with van der Waals surface area (Å²) in [6.45, 7) is 3.63. The molecule has 0 aliphatic heterocycles. The number of nitrogens with one attached hydrogen (secondary N) is 1. The summed E-state index contributed by atoms with van der Waals surface area (Å²) < 4.78 is 0. The van der Waals surface area contributed by atoms with Crippen molar-refractivity contribution in [2.75, 3.05) is 6.29 Å². The van der Waals surface area contributed by atoms with Gasteiger partial charge in [0, 0.05) is 25.5 Å². The first-order valence-electron chi connectivity index (χ1n) is 4.63. The van der Waals surface area contributed by atoms with Crippen LogP contribution < -0.4 is 5.32 Å². The number of hydrogen-bond acceptors (Lipinski definition) is 3. The maximum absolute atomic E-state index is 11.3. The Labute approximate surface area is 96.6 Å². The number of carbonyl (C=O) groups excluding carboxylic acids is 2. The SMILES string of the molecule is C.C.CCC(=O)CC(NCP)C(=O)CC. The van der Waals surface area contributed by atoms with E-state index >= 15 is 0 Å². The number of hydrogen-bond donors (Lipinski definition) is 1. The average molecular weight is 235 g/mol. The molecule has 0 rings (SSSR count). The van der Waals surface area contributed by atoms with Gasteiger partial charge in [0.15, 0.2) is 0 Å². The first kappa shape index (κ1) is 20.2. The lowest BCUT2D eigenvalue weighted by Crippen LogP contribution is -2.37. The monoisotopic (exact) mass is 235 g/mol. The predicted molar refractivity (Wildman–Crippen MR) is 70.2 cm³/mol. The molecule has 0 aliphatic rings. The van der Waals surface area contributed by atoms with Crippen LogP contribution in [0, 0.1) is 0 Å². The molecule has 0 aromatic rings. The molecule has 0 heterocycles. The lowest BCUT2D eigenvalue weighted by molar-refractivity contribution is -0.125. The quantitative estimate of drug-likeness (QED) is 0.689.